The van der Waals surface area contributed by atoms with Gasteiger partial charge in [-0.15, -0.1) is 0 Å². The second kappa shape index (κ2) is 11.4. The third kappa shape index (κ3) is 7.59. The van der Waals surface area contributed by atoms with Gasteiger partial charge in [0.2, 0.25) is 0 Å². The Bertz CT molecular complexity index is 233. The van der Waals surface area contributed by atoms with E-state index in [-0.39, 0.29) is 0 Å². The molecular formula is C17H36N2O2. The molecule has 21 heavy (non-hydrogen) atoms. The van der Waals surface area contributed by atoms with Crippen molar-refractivity contribution in [2.24, 2.45) is 5.41 Å². The summed E-state index contributed by atoms with van der Waals surface area (Å²) in [5.74, 6) is 0. The maximum absolute atomic E-state index is 5.55. The fourth-order valence-electron chi connectivity index (χ4n) is 3.33. The zero-order chi connectivity index (χ0) is 15.4. The monoisotopic (exact) mass is 300 g/mol. The van der Waals surface area contributed by atoms with Crippen LogP contribution in [0.5, 0.6) is 0 Å². The second-order valence-electron chi connectivity index (χ2n) is 6.16. The lowest BCUT2D eigenvalue weighted by Crippen LogP contribution is -2.44. The maximum Gasteiger partial charge on any atom is 0.0593 e. The number of hydrogen-bond donors (Lipinski definition) is 1. The molecule has 0 unspecified atom stereocenters. The minimum atomic E-state index is 0.467. The second-order valence-corrected chi connectivity index (χ2v) is 6.16. The van der Waals surface area contributed by atoms with Crippen molar-refractivity contribution in [2.75, 3.05) is 59.2 Å². The fraction of sp³-hybridized carbons (Fsp3) is 1.00. The Morgan fingerprint density at radius 2 is 1.52 bits per heavy atom. The highest BCUT2D eigenvalue weighted by Gasteiger charge is 2.34. The van der Waals surface area contributed by atoms with Crippen LogP contribution >= 0.6 is 0 Å². The van der Waals surface area contributed by atoms with Gasteiger partial charge in [0.15, 0.2) is 0 Å². The minimum Gasteiger partial charge on any atom is -0.380 e. The molecule has 0 aliphatic heterocycles. The molecule has 0 aromatic heterocycles. The van der Waals surface area contributed by atoms with Gasteiger partial charge < -0.3 is 14.8 Å². The number of nitrogens with zero attached hydrogens (tertiary/aromatic N) is 1. The molecule has 1 N–H and O–H groups in total. The smallest absolute Gasteiger partial charge is 0.0593 e. The van der Waals surface area contributed by atoms with Gasteiger partial charge in [-0.05, 0) is 38.6 Å². The molecule has 1 aliphatic rings. The Kier molecular flexibility index (Phi) is 10.3. The predicted molar refractivity (Wildman–Crippen MR) is 88.9 cm³/mol. The summed E-state index contributed by atoms with van der Waals surface area (Å²) in [5.41, 5.74) is 0.467. The number of rotatable bonds is 13. The van der Waals surface area contributed by atoms with Crippen LogP contribution in [0, 0.1) is 5.41 Å². The van der Waals surface area contributed by atoms with Crippen molar-refractivity contribution in [1.82, 2.24) is 10.2 Å². The van der Waals surface area contributed by atoms with Crippen molar-refractivity contribution >= 4 is 0 Å². The van der Waals surface area contributed by atoms with Gasteiger partial charge in [0.25, 0.3) is 0 Å². The Morgan fingerprint density at radius 1 is 0.952 bits per heavy atom. The number of ether oxygens (including phenoxy) is 2. The zero-order valence-electron chi connectivity index (χ0n) is 14.5. The van der Waals surface area contributed by atoms with E-state index in [1.54, 1.807) is 0 Å². The molecule has 0 atom stereocenters. The molecule has 0 spiro atoms. The van der Waals surface area contributed by atoms with E-state index in [4.69, 9.17) is 9.47 Å². The predicted octanol–water partition coefficient (Wildman–Crippen LogP) is 2.53. The van der Waals surface area contributed by atoms with Crippen LogP contribution in [0.2, 0.25) is 0 Å². The van der Waals surface area contributed by atoms with Crippen LogP contribution in [0.3, 0.4) is 0 Å². The van der Waals surface area contributed by atoms with Gasteiger partial charge >= 0.3 is 0 Å². The molecule has 0 heterocycles. The molecule has 1 aliphatic carbocycles. The zero-order valence-corrected chi connectivity index (χ0v) is 14.5. The first-order valence-electron chi connectivity index (χ1n) is 8.85. The maximum atomic E-state index is 5.55. The van der Waals surface area contributed by atoms with Crippen molar-refractivity contribution < 1.29 is 9.47 Å². The van der Waals surface area contributed by atoms with Crippen LogP contribution < -0.4 is 5.32 Å². The standard InChI is InChI=1S/C17H36N2O2/c1-4-18-15-17(9-7-8-10-17)16-19(11-13-20-5-2)12-14-21-6-3/h18H,4-16H2,1-3H3. The number of hydrogen-bond acceptors (Lipinski definition) is 4. The summed E-state index contributed by atoms with van der Waals surface area (Å²) in [4.78, 5) is 2.55. The van der Waals surface area contributed by atoms with Gasteiger partial charge in [-0.25, -0.2) is 0 Å². The van der Waals surface area contributed by atoms with E-state index in [1.807, 2.05) is 0 Å². The molecule has 126 valence electrons. The first kappa shape index (κ1) is 18.9. The highest BCUT2D eigenvalue weighted by molar-refractivity contribution is 4.89. The normalized spacial score (nSPS) is 17.7. The van der Waals surface area contributed by atoms with Gasteiger partial charge in [0.1, 0.15) is 0 Å². The summed E-state index contributed by atoms with van der Waals surface area (Å²) >= 11 is 0. The van der Waals surface area contributed by atoms with Gasteiger partial charge in [-0.1, -0.05) is 19.8 Å². The van der Waals surface area contributed by atoms with Crippen molar-refractivity contribution in [3.05, 3.63) is 0 Å². The van der Waals surface area contributed by atoms with Gasteiger partial charge in [0.05, 0.1) is 13.2 Å². The molecule has 1 fully saturated rings. The summed E-state index contributed by atoms with van der Waals surface area (Å²) in [5, 5.41) is 3.58. The summed E-state index contributed by atoms with van der Waals surface area (Å²) < 4.78 is 11.1. The summed E-state index contributed by atoms with van der Waals surface area (Å²) in [6, 6.07) is 0. The molecular weight excluding hydrogens is 264 g/mol. The van der Waals surface area contributed by atoms with E-state index in [9.17, 15) is 0 Å². The average molecular weight is 300 g/mol. The third-order valence-electron chi connectivity index (χ3n) is 4.49. The lowest BCUT2D eigenvalue weighted by Gasteiger charge is -2.35. The molecule has 1 saturated carbocycles. The first-order chi connectivity index (χ1) is 10.3. The molecule has 0 radical (unpaired) electrons. The van der Waals surface area contributed by atoms with Crippen LogP contribution in [0.15, 0.2) is 0 Å². The van der Waals surface area contributed by atoms with E-state index in [2.05, 4.69) is 31.0 Å². The molecule has 0 aromatic carbocycles. The Morgan fingerprint density at radius 3 is 2.00 bits per heavy atom. The van der Waals surface area contributed by atoms with Crippen LogP contribution in [-0.4, -0.2) is 64.1 Å². The van der Waals surface area contributed by atoms with Crippen molar-refractivity contribution in [1.29, 1.82) is 0 Å². The largest absolute Gasteiger partial charge is 0.380 e. The van der Waals surface area contributed by atoms with Crippen LogP contribution in [0.1, 0.15) is 46.5 Å². The van der Waals surface area contributed by atoms with Crippen LogP contribution in [0.25, 0.3) is 0 Å². The highest BCUT2D eigenvalue weighted by Crippen LogP contribution is 2.38. The summed E-state index contributed by atoms with van der Waals surface area (Å²) in [6.07, 6.45) is 5.49. The third-order valence-corrected chi connectivity index (χ3v) is 4.49. The topological polar surface area (TPSA) is 33.7 Å². The number of nitrogens with one attached hydrogen (secondary N) is 1. The molecule has 0 saturated heterocycles. The highest BCUT2D eigenvalue weighted by atomic mass is 16.5. The molecule has 0 amide bonds. The molecule has 4 heteroatoms. The van der Waals surface area contributed by atoms with E-state index < -0.39 is 0 Å². The van der Waals surface area contributed by atoms with E-state index in [0.717, 1.165) is 52.6 Å². The Hall–Kier alpha value is -0.160. The SMILES string of the molecule is CCNCC1(CN(CCOCC)CCOCC)CCCC1. The fourth-order valence-corrected chi connectivity index (χ4v) is 3.33. The summed E-state index contributed by atoms with van der Waals surface area (Å²) in [6.45, 7) is 15.1. The van der Waals surface area contributed by atoms with E-state index in [0.29, 0.717) is 5.41 Å². The molecule has 0 bridgehead atoms. The van der Waals surface area contributed by atoms with Crippen LogP contribution in [0.4, 0.5) is 0 Å². The first-order valence-corrected chi connectivity index (χ1v) is 8.85. The molecule has 0 aromatic rings. The van der Waals surface area contributed by atoms with Crippen molar-refractivity contribution in [2.45, 2.75) is 46.5 Å². The lowest BCUT2D eigenvalue weighted by atomic mass is 9.85. The van der Waals surface area contributed by atoms with Crippen LogP contribution in [-0.2, 0) is 9.47 Å². The molecule has 4 nitrogen and oxygen atoms in total. The van der Waals surface area contributed by atoms with Gasteiger partial charge in [-0.3, -0.25) is 4.90 Å². The Balaban J connectivity index is 2.48. The van der Waals surface area contributed by atoms with Gasteiger partial charge in [-0.2, -0.15) is 0 Å². The molecule has 1 rings (SSSR count). The van der Waals surface area contributed by atoms with E-state index >= 15 is 0 Å². The minimum absolute atomic E-state index is 0.467. The van der Waals surface area contributed by atoms with Gasteiger partial charge in [0, 0.05) is 39.4 Å². The Labute approximate surface area is 131 Å². The lowest BCUT2D eigenvalue weighted by molar-refractivity contribution is 0.0590. The summed E-state index contributed by atoms with van der Waals surface area (Å²) in [7, 11) is 0. The average Bonchev–Trinajstić information content (AvgIpc) is 2.94. The van der Waals surface area contributed by atoms with Crippen molar-refractivity contribution in [3.63, 3.8) is 0 Å². The van der Waals surface area contributed by atoms with Crippen molar-refractivity contribution in [3.8, 4) is 0 Å². The quantitative estimate of drug-likeness (QED) is 0.530. The van der Waals surface area contributed by atoms with E-state index in [1.165, 1.54) is 32.2 Å².